The molecule has 0 unspecified atom stereocenters. The first-order valence-corrected chi connectivity index (χ1v) is 6.62. The van der Waals surface area contributed by atoms with E-state index in [1.807, 2.05) is 30.0 Å². The van der Waals surface area contributed by atoms with Gasteiger partial charge in [0.15, 0.2) is 5.78 Å². The third kappa shape index (κ3) is 1.74. The monoisotopic (exact) mass is 243 g/mol. The van der Waals surface area contributed by atoms with Crippen LogP contribution >= 0.6 is 0 Å². The van der Waals surface area contributed by atoms with Gasteiger partial charge in [-0.3, -0.25) is 9.59 Å². The normalized spacial score (nSPS) is 19.4. The summed E-state index contributed by atoms with van der Waals surface area (Å²) in [7, 11) is 0. The highest BCUT2D eigenvalue weighted by Gasteiger charge is 2.34. The van der Waals surface area contributed by atoms with Crippen molar-refractivity contribution in [2.75, 3.05) is 11.4 Å². The average Bonchev–Trinajstić information content (AvgIpc) is 2.28. The summed E-state index contributed by atoms with van der Waals surface area (Å²) in [4.78, 5) is 26.1. The lowest BCUT2D eigenvalue weighted by Gasteiger charge is -2.34. The number of Topliss-reactive ketones (excluding diaryl/α,β-unsaturated/α-hetero) is 1. The quantitative estimate of drug-likeness (QED) is 0.760. The maximum absolute atomic E-state index is 12.3. The van der Waals surface area contributed by atoms with E-state index in [9.17, 15) is 9.59 Å². The van der Waals surface area contributed by atoms with E-state index in [-0.39, 0.29) is 17.6 Å². The second kappa shape index (κ2) is 4.23. The molecule has 1 aliphatic heterocycles. The molecule has 1 fully saturated rings. The Labute approximate surface area is 107 Å². The van der Waals surface area contributed by atoms with E-state index in [1.54, 1.807) is 0 Å². The predicted molar refractivity (Wildman–Crippen MR) is 69.8 cm³/mol. The van der Waals surface area contributed by atoms with Gasteiger partial charge in [-0.1, -0.05) is 18.1 Å². The van der Waals surface area contributed by atoms with Crippen molar-refractivity contribution in [3.8, 4) is 0 Å². The minimum atomic E-state index is 0.159. The Morgan fingerprint density at radius 2 is 2.11 bits per heavy atom. The van der Waals surface area contributed by atoms with Crippen LogP contribution in [0.2, 0.25) is 0 Å². The molecule has 2 aliphatic rings. The van der Waals surface area contributed by atoms with Gasteiger partial charge in [-0.2, -0.15) is 0 Å². The minimum absolute atomic E-state index is 0.159. The largest absolute Gasteiger partial charge is 0.311 e. The Morgan fingerprint density at radius 3 is 2.78 bits per heavy atom. The summed E-state index contributed by atoms with van der Waals surface area (Å²) >= 11 is 0. The second-order valence-corrected chi connectivity index (χ2v) is 5.31. The maximum Gasteiger partial charge on any atom is 0.230 e. The molecule has 1 heterocycles. The average molecular weight is 243 g/mol. The van der Waals surface area contributed by atoms with Gasteiger partial charge >= 0.3 is 0 Å². The van der Waals surface area contributed by atoms with E-state index in [4.69, 9.17) is 0 Å². The third-order valence-electron chi connectivity index (χ3n) is 4.03. The number of benzene rings is 1. The van der Waals surface area contributed by atoms with Gasteiger partial charge in [-0.25, -0.2) is 0 Å². The van der Waals surface area contributed by atoms with Crippen molar-refractivity contribution >= 4 is 17.4 Å². The number of nitrogens with zero attached hydrogens (tertiary/aromatic N) is 1. The van der Waals surface area contributed by atoms with Gasteiger partial charge < -0.3 is 4.90 Å². The second-order valence-electron chi connectivity index (χ2n) is 5.31. The van der Waals surface area contributed by atoms with Gasteiger partial charge in [-0.05, 0) is 31.9 Å². The zero-order chi connectivity index (χ0) is 12.7. The number of amides is 1. The molecule has 0 bridgehead atoms. The molecule has 0 saturated heterocycles. The number of fused-ring (bicyclic) bond motifs is 1. The Balaban J connectivity index is 1.97. The number of carbonyl (C=O) groups excluding carboxylic acids is 2. The van der Waals surface area contributed by atoms with Crippen LogP contribution in [0.15, 0.2) is 18.2 Å². The molecule has 1 aromatic rings. The first-order valence-electron chi connectivity index (χ1n) is 6.62. The zero-order valence-corrected chi connectivity index (χ0v) is 10.6. The van der Waals surface area contributed by atoms with Crippen molar-refractivity contribution in [3.05, 3.63) is 29.3 Å². The fraction of sp³-hybridized carbons (Fsp3) is 0.467. The highest BCUT2D eigenvalue weighted by molar-refractivity contribution is 6.09. The lowest BCUT2D eigenvalue weighted by Crippen LogP contribution is -2.43. The van der Waals surface area contributed by atoms with Gasteiger partial charge in [0.1, 0.15) is 0 Å². The van der Waals surface area contributed by atoms with Gasteiger partial charge in [0.2, 0.25) is 5.91 Å². The van der Waals surface area contributed by atoms with Crippen LogP contribution in [-0.4, -0.2) is 18.2 Å². The van der Waals surface area contributed by atoms with Gasteiger partial charge in [-0.15, -0.1) is 0 Å². The summed E-state index contributed by atoms with van der Waals surface area (Å²) in [6, 6.07) is 5.79. The topological polar surface area (TPSA) is 37.4 Å². The molecule has 0 spiro atoms. The number of aryl methyl sites for hydroxylation is 1. The zero-order valence-electron chi connectivity index (χ0n) is 10.6. The van der Waals surface area contributed by atoms with E-state index >= 15 is 0 Å². The van der Waals surface area contributed by atoms with Gasteiger partial charge in [0.05, 0.1) is 5.69 Å². The number of hydrogen-bond donors (Lipinski definition) is 0. The predicted octanol–water partition coefficient (Wildman–Crippen LogP) is 2.71. The molecular weight excluding hydrogens is 226 g/mol. The fourth-order valence-corrected chi connectivity index (χ4v) is 2.68. The molecule has 3 nitrogen and oxygen atoms in total. The smallest absolute Gasteiger partial charge is 0.230 e. The van der Waals surface area contributed by atoms with Crippen molar-refractivity contribution in [3.63, 3.8) is 0 Å². The van der Waals surface area contributed by atoms with Crippen molar-refractivity contribution in [1.29, 1.82) is 0 Å². The molecule has 0 atom stereocenters. The van der Waals surface area contributed by atoms with Gasteiger partial charge in [0.25, 0.3) is 0 Å². The molecule has 18 heavy (non-hydrogen) atoms. The van der Waals surface area contributed by atoms with Crippen LogP contribution in [0, 0.1) is 12.8 Å². The number of carbonyl (C=O) groups is 2. The lowest BCUT2D eigenvalue weighted by atomic mass is 9.83. The summed E-state index contributed by atoms with van der Waals surface area (Å²) < 4.78 is 0. The highest BCUT2D eigenvalue weighted by atomic mass is 16.2. The fourth-order valence-electron chi connectivity index (χ4n) is 2.68. The van der Waals surface area contributed by atoms with Crippen LogP contribution in [0.3, 0.4) is 0 Å². The summed E-state index contributed by atoms with van der Waals surface area (Å²) in [5.74, 6) is 0.553. The minimum Gasteiger partial charge on any atom is -0.311 e. The standard InChI is InChI=1S/C15H17NO2/c1-10-5-6-13-12(9-10)14(17)7-8-16(13)15(18)11-3-2-4-11/h5-6,9,11H,2-4,7-8H2,1H3. The van der Waals surface area contributed by atoms with Crippen LogP contribution in [0.4, 0.5) is 5.69 Å². The highest BCUT2D eigenvalue weighted by Crippen LogP contribution is 2.34. The van der Waals surface area contributed by atoms with Crippen molar-refractivity contribution in [1.82, 2.24) is 0 Å². The molecule has 1 aromatic carbocycles. The number of rotatable bonds is 1. The Morgan fingerprint density at radius 1 is 1.33 bits per heavy atom. The van der Waals surface area contributed by atoms with E-state index in [1.165, 1.54) is 0 Å². The van der Waals surface area contributed by atoms with E-state index < -0.39 is 0 Å². The van der Waals surface area contributed by atoms with Crippen LogP contribution in [0.5, 0.6) is 0 Å². The van der Waals surface area contributed by atoms with E-state index in [0.717, 1.165) is 30.5 Å². The maximum atomic E-state index is 12.3. The van der Waals surface area contributed by atoms with E-state index in [0.29, 0.717) is 18.5 Å². The molecule has 3 rings (SSSR count). The van der Waals surface area contributed by atoms with Crippen LogP contribution < -0.4 is 4.90 Å². The summed E-state index contributed by atoms with van der Waals surface area (Å²) in [5.41, 5.74) is 2.60. The van der Waals surface area contributed by atoms with E-state index in [2.05, 4.69) is 0 Å². The van der Waals surface area contributed by atoms with Gasteiger partial charge in [0, 0.05) is 24.4 Å². The number of anilines is 1. The summed E-state index contributed by atoms with van der Waals surface area (Å²) in [6.07, 6.45) is 3.62. The Kier molecular flexibility index (Phi) is 2.69. The molecule has 1 saturated carbocycles. The summed E-state index contributed by atoms with van der Waals surface area (Å²) in [5, 5.41) is 0. The molecule has 0 radical (unpaired) electrons. The Hall–Kier alpha value is -1.64. The number of hydrogen-bond acceptors (Lipinski definition) is 2. The first kappa shape index (κ1) is 11.5. The Bertz CT molecular complexity index is 517. The molecule has 1 amide bonds. The molecule has 94 valence electrons. The van der Waals surface area contributed by atoms with Crippen LogP contribution in [0.1, 0.15) is 41.6 Å². The SMILES string of the molecule is Cc1ccc2c(c1)C(=O)CCN2C(=O)C1CCC1. The molecule has 0 N–H and O–H groups in total. The van der Waals surface area contributed by atoms with Crippen molar-refractivity contribution in [2.45, 2.75) is 32.6 Å². The van der Waals surface area contributed by atoms with Crippen LogP contribution in [0.25, 0.3) is 0 Å². The number of ketones is 1. The molecule has 3 heteroatoms. The van der Waals surface area contributed by atoms with Crippen LogP contribution in [-0.2, 0) is 4.79 Å². The molecular formula is C15H17NO2. The third-order valence-corrected chi connectivity index (χ3v) is 4.03. The van der Waals surface area contributed by atoms with Crippen molar-refractivity contribution < 1.29 is 9.59 Å². The molecule has 0 aromatic heterocycles. The van der Waals surface area contributed by atoms with Crippen molar-refractivity contribution in [2.24, 2.45) is 5.92 Å². The first-order chi connectivity index (χ1) is 8.66. The lowest BCUT2D eigenvalue weighted by molar-refractivity contribution is -0.124. The summed E-state index contributed by atoms with van der Waals surface area (Å²) in [6.45, 7) is 2.52. The molecule has 1 aliphatic carbocycles.